The summed E-state index contributed by atoms with van der Waals surface area (Å²) in [6, 6.07) is 0. The Morgan fingerprint density at radius 1 is 1.50 bits per heavy atom. The molecule has 1 heterocycles. The number of aliphatic hydroxyl groups is 1. The highest BCUT2D eigenvalue weighted by Gasteiger charge is 2.48. The van der Waals surface area contributed by atoms with Crippen LogP contribution in [-0.4, -0.2) is 17.5 Å². The summed E-state index contributed by atoms with van der Waals surface area (Å²) in [6.07, 6.45) is 3.30. The molecule has 2 heteroatoms. The summed E-state index contributed by atoms with van der Waals surface area (Å²) < 4.78 is 5.34. The van der Waals surface area contributed by atoms with Crippen LogP contribution in [0.5, 0.6) is 0 Å². The summed E-state index contributed by atoms with van der Waals surface area (Å²) in [6.45, 7) is 2.11. The maximum atomic E-state index is 9.30. The SMILES string of the molecule is CCC1CC2CC2C(O)O1. The summed E-state index contributed by atoms with van der Waals surface area (Å²) >= 11 is 0. The topological polar surface area (TPSA) is 29.5 Å². The summed E-state index contributed by atoms with van der Waals surface area (Å²) in [5, 5.41) is 9.30. The van der Waals surface area contributed by atoms with Crippen LogP contribution in [0.1, 0.15) is 26.2 Å². The second kappa shape index (κ2) is 2.21. The van der Waals surface area contributed by atoms with E-state index >= 15 is 0 Å². The summed E-state index contributed by atoms with van der Waals surface area (Å²) in [4.78, 5) is 0. The van der Waals surface area contributed by atoms with E-state index in [4.69, 9.17) is 4.74 Å². The molecule has 1 aliphatic heterocycles. The fraction of sp³-hybridized carbons (Fsp3) is 1.00. The molecule has 58 valence electrons. The molecule has 2 nitrogen and oxygen atoms in total. The number of rotatable bonds is 1. The predicted molar refractivity (Wildman–Crippen MR) is 37.4 cm³/mol. The van der Waals surface area contributed by atoms with Crippen molar-refractivity contribution in [2.75, 3.05) is 0 Å². The predicted octanol–water partition coefficient (Wildman–Crippen LogP) is 1.14. The summed E-state index contributed by atoms with van der Waals surface area (Å²) in [5.41, 5.74) is 0. The Bertz CT molecular complexity index is 135. The Morgan fingerprint density at radius 3 is 2.90 bits per heavy atom. The molecule has 4 atom stereocenters. The van der Waals surface area contributed by atoms with Crippen molar-refractivity contribution in [1.82, 2.24) is 0 Å². The van der Waals surface area contributed by atoms with E-state index in [1.807, 2.05) is 0 Å². The lowest BCUT2D eigenvalue weighted by Crippen LogP contribution is -2.28. The van der Waals surface area contributed by atoms with E-state index < -0.39 is 6.29 Å². The minimum absolute atomic E-state index is 0.332. The standard InChI is InChI=1S/C8H14O2/c1-2-6-3-5-4-7(5)8(9)10-6/h5-9H,2-4H2,1H3. The molecule has 1 aliphatic carbocycles. The molecule has 0 aromatic rings. The van der Waals surface area contributed by atoms with Gasteiger partial charge in [0.15, 0.2) is 6.29 Å². The molecule has 1 saturated heterocycles. The van der Waals surface area contributed by atoms with Gasteiger partial charge in [0.1, 0.15) is 0 Å². The van der Waals surface area contributed by atoms with Crippen LogP contribution < -0.4 is 0 Å². The number of ether oxygens (including phenoxy) is 1. The lowest BCUT2D eigenvalue weighted by atomic mass is 10.1. The zero-order chi connectivity index (χ0) is 7.14. The fourth-order valence-corrected chi connectivity index (χ4v) is 1.85. The van der Waals surface area contributed by atoms with Crippen molar-refractivity contribution in [3.63, 3.8) is 0 Å². The van der Waals surface area contributed by atoms with E-state index in [9.17, 15) is 5.11 Å². The van der Waals surface area contributed by atoms with Gasteiger partial charge in [-0.15, -0.1) is 0 Å². The molecule has 10 heavy (non-hydrogen) atoms. The van der Waals surface area contributed by atoms with Gasteiger partial charge in [0.2, 0.25) is 0 Å². The van der Waals surface area contributed by atoms with Gasteiger partial charge >= 0.3 is 0 Å². The van der Waals surface area contributed by atoms with Gasteiger partial charge in [0.25, 0.3) is 0 Å². The van der Waals surface area contributed by atoms with Crippen molar-refractivity contribution in [2.45, 2.75) is 38.6 Å². The van der Waals surface area contributed by atoms with Crippen molar-refractivity contribution < 1.29 is 9.84 Å². The van der Waals surface area contributed by atoms with Crippen LogP contribution >= 0.6 is 0 Å². The third kappa shape index (κ3) is 0.956. The van der Waals surface area contributed by atoms with E-state index in [-0.39, 0.29) is 0 Å². The maximum Gasteiger partial charge on any atom is 0.157 e. The number of aliphatic hydroxyl groups excluding tert-OH is 1. The van der Waals surface area contributed by atoms with Gasteiger partial charge in [-0.05, 0) is 25.2 Å². The lowest BCUT2D eigenvalue weighted by molar-refractivity contribution is -0.170. The van der Waals surface area contributed by atoms with E-state index in [2.05, 4.69) is 6.92 Å². The smallest absolute Gasteiger partial charge is 0.157 e. The molecule has 0 radical (unpaired) electrons. The Morgan fingerprint density at radius 2 is 2.30 bits per heavy atom. The van der Waals surface area contributed by atoms with Crippen molar-refractivity contribution in [3.8, 4) is 0 Å². The normalized spacial score (nSPS) is 52.2. The van der Waals surface area contributed by atoms with Gasteiger partial charge in [0.05, 0.1) is 6.10 Å². The Kier molecular flexibility index (Phi) is 1.46. The highest BCUT2D eigenvalue weighted by molar-refractivity contribution is 4.93. The summed E-state index contributed by atoms with van der Waals surface area (Å²) in [7, 11) is 0. The van der Waals surface area contributed by atoms with E-state index in [0.29, 0.717) is 12.0 Å². The average molecular weight is 142 g/mol. The molecule has 0 aromatic heterocycles. The van der Waals surface area contributed by atoms with Gasteiger partial charge in [-0.3, -0.25) is 0 Å². The molecule has 1 N–H and O–H groups in total. The second-order valence-corrected chi connectivity index (χ2v) is 3.45. The van der Waals surface area contributed by atoms with Crippen LogP contribution in [0.4, 0.5) is 0 Å². The highest BCUT2D eigenvalue weighted by atomic mass is 16.6. The van der Waals surface area contributed by atoms with Gasteiger partial charge in [-0.1, -0.05) is 6.92 Å². The third-order valence-corrected chi connectivity index (χ3v) is 2.70. The monoisotopic (exact) mass is 142 g/mol. The van der Waals surface area contributed by atoms with Crippen LogP contribution in [0.2, 0.25) is 0 Å². The maximum absolute atomic E-state index is 9.30. The Labute approximate surface area is 61.2 Å². The molecule has 1 saturated carbocycles. The van der Waals surface area contributed by atoms with E-state index in [1.165, 1.54) is 12.8 Å². The molecular formula is C8H14O2. The zero-order valence-electron chi connectivity index (χ0n) is 6.29. The third-order valence-electron chi connectivity index (χ3n) is 2.70. The zero-order valence-corrected chi connectivity index (χ0v) is 6.29. The molecule has 0 amide bonds. The van der Waals surface area contributed by atoms with Crippen LogP contribution in [0, 0.1) is 11.8 Å². The Balaban J connectivity index is 1.93. The molecule has 2 aliphatic rings. The van der Waals surface area contributed by atoms with Crippen LogP contribution in [0.15, 0.2) is 0 Å². The first kappa shape index (κ1) is 6.62. The van der Waals surface area contributed by atoms with Gasteiger partial charge in [-0.2, -0.15) is 0 Å². The fourth-order valence-electron chi connectivity index (χ4n) is 1.85. The second-order valence-electron chi connectivity index (χ2n) is 3.45. The first-order valence-electron chi connectivity index (χ1n) is 4.14. The summed E-state index contributed by atoms with van der Waals surface area (Å²) in [5.74, 6) is 1.27. The minimum Gasteiger partial charge on any atom is -0.368 e. The van der Waals surface area contributed by atoms with Gasteiger partial charge in [-0.25, -0.2) is 0 Å². The first-order chi connectivity index (χ1) is 4.81. The number of hydrogen-bond donors (Lipinski definition) is 1. The number of fused-ring (bicyclic) bond motifs is 1. The molecule has 0 bridgehead atoms. The van der Waals surface area contributed by atoms with E-state index in [0.717, 1.165) is 12.3 Å². The van der Waals surface area contributed by atoms with Crippen molar-refractivity contribution in [2.24, 2.45) is 11.8 Å². The lowest BCUT2D eigenvalue weighted by Gasteiger charge is -2.25. The molecule has 0 aromatic carbocycles. The van der Waals surface area contributed by atoms with Crippen molar-refractivity contribution in [3.05, 3.63) is 0 Å². The molecule has 0 spiro atoms. The minimum atomic E-state index is -0.441. The van der Waals surface area contributed by atoms with Crippen molar-refractivity contribution >= 4 is 0 Å². The van der Waals surface area contributed by atoms with Crippen LogP contribution in [0.25, 0.3) is 0 Å². The number of hydrogen-bond acceptors (Lipinski definition) is 2. The van der Waals surface area contributed by atoms with Crippen LogP contribution in [0.3, 0.4) is 0 Å². The first-order valence-corrected chi connectivity index (χ1v) is 4.14. The van der Waals surface area contributed by atoms with Gasteiger partial charge < -0.3 is 9.84 Å². The van der Waals surface area contributed by atoms with Gasteiger partial charge in [0, 0.05) is 5.92 Å². The van der Waals surface area contributed by atoms with E-state index in [1.54, 1.807) is 0 Å². The quantitative estimate of drug-likeness (QED) is 0.595. The highest BCUT2D eigenvalue weighted by Crippen LogP contribution is 2.49. The van der Waals surface area contributed by atoms with Crippen molar-refractivity contribution in [1.29, 1.82) is 0 Å². The van der Waals surface area contributed by atoms with Crippen LogP contribution in [-0.2, 0) is 4.74 Å². The molecule has 2 rings (SSSR count). The molecule has 4 unspecified atom stereocenters. The average Bonchev–Trinajstić information content (AvgIpc) is 2.66. The molecular weight excluding hydrogens is 128 g/mol. The molecule has 2 fully saturated rings. The largest absolute Gasteiger partial charge is 0.368 e. The Hall–Kier alpha value is -0.0800.